The minimum absolute atomic E-state index is 0.0723. The third-order valence-corrected chi connectivity index (χ3v) is 2.22. The van der Waals surface area contributed by atoms with Gasteiger partial charge in [-0.05, 0) is 32.0 Å². The zero-order valence-electron chi connectivity index (χ0n) is 11.3. The maximum absolute atomic E-state index is 11.4. The molecule has 0 unspecified atom stereocenters. The molecule has 0 spiro atoms. The average molecular weight is 274 g/mol. The van der Waals surface area contributed by atoms with E-state index >= 15 is 0 Å². The molecule has 0 bridgehead atoms. The van der Waals surface area contributed by atoms with E-state index in [1.807, 2.05) is 0 Å². The van der Waals surface area contributed by atoms with Gasteiger partial charge in [0.2, 0.25) is 0 Å². The Hall–Kier alpha value is -2.69. The van der Waals surface area contributed by atoms with Crippen LogP contribution >= 0.6 is 0 Å². The predicted octanol–water partition coefficient (Wildman–Crippen LogP) is 2.46. The second kappa shape index (κ2) is 6.47. The maximum atomic E-state index is 11.4. The van der Waals surface area contributed by atoms with Crippen molar-refractivity contribution in [2.24, 2.45) is 0 Å². The van der Waals surface area contributed by atoms with Gasteiger partial charge in [-0.15, -0.1) is 0 Å². The third kappa shape index (κ3) is 3.91. The van der Waals surface area contributed by atoms with E-state index < -0.39 is 11.9 Å². The monoisotopic (exact) mass is 274 g/mol. The topological polar surface area (TPSA) is 69.7 Å². The summed E-state index contributed by atoms with van der Waals surface area (Å²) in [5.74, 6) is -1.01. The smallest absolute Gasteiger partial charge is 0.338 e. The number of aldehydes is 1. The number of esters is 2. The molecule has 0 aromatic heterocycles. The van der Waals surface area contributed by atoms with Crippen molar-refractivity contribution in [2.45, 2.75) is 13.8 Å². The number of rotatable bonds is 5. The van der Waals surface area contributed by atoms with Crippen molar-refractivity contribution in [2.75, 3.05) is 0 Å². The molecule has 0 fully saturated rings. The molecular weight excluding hydrogens is 260 g/mol. The molecule has 104 valence electrons. The van der Waals surface area contributed by atoms with E-state index in [1.54, 1.807) is 0 Å². The van der Waals surface area contributed by atoms with Gasteiger partial charge in [-0.25, -0.2) is 9.59 Å². The lowest BCUT2D eigenvalue weighted by molar-refractivity contribution is -0.131. The molecule has 5 nitrogen and oxygen atoms in total. The Balaban J connectivity index is 2.99. The molecule has 0 atom stereocenters. The van der Waals surface area contributed by atoms with E-state index in [0.717, 1.165) is 0 Å². The van der Waals surface area contributed by atoms with Crippen LogP contribution in [0.5, 0.6) is 11.5 Å². The van der Waals surface area contributed by atoms with Crippen molar-refractivity contribution in [3.8, 4) is 11.5 Å². The van der Waals surface area contributed by atoms with Gasteiger partial charge >= 0.3 is 11.9 Å². The van der Waals surface area contributed by atoms with Crippen LogP contribution in [0.1, 0.15) is 24.2 Å². The number of hydrogen-bond donors (Lipinski definition) is 0. The Kier molecular flexibility index (Phi) is 4.97. The number of carbonyl (C=O) groups is 3. The number of ether oxygens (including phenoxy) is 2. The van der Waals surface area contributed by atoms with Crippen LogP contribution < -0.4 is 9.47 Å². The summed E-state index contributed by atoms with van der Waals surface area (Å²) >= 11 is 0. The first-order valence-electron chi connectivity index (χ1n) is 5.69. The van der Waals surface area contributed by atoms with Crippen LogP contribution in [0, 0.1) is 0 Å². The van der Waals surface area contributed by atoms with Gasteiger partial charge in [0.15, 0.2) is 6.29 Å². The fraction of sp³-hybridized carbons (Fsp3) is 0.133. The minimum Gasteiger partial charge on any atom is -0.423 e. The van der Waals surface area contributed by atoms with Gasteiger partial charge in [0.25, 0.3) is 0 Å². The minimum atomic E-state index is -0.639. The van der Waals surface area contributed by atoms with Gasteiger partial charge in [0.1, 0.15) is 11.5 Å². The van der Waals surface area contributed by atoms with Crippen LogP contribution in [0.25, 0.3) is 0 Å². The average Bonchev–Trinajstić information content (AvgIpc) is 2.39. The lowest BCUT2D eigenvalue weighted by atomic mass is 10.2. The molecule has 1 rings (SSSR count). The Bertz CT molecular complexity index is 598. The molecule has 1 aromatic rings. The van der Waals surface area contributed by atoms with E-state index in [1.165, 1.54) is 32.0 Å². The van der Waals surface area contributed by atoms with Crippen molar-refractivity contribution in [1.82, 2.24) is 0 Å². The maximum Gasteiger partial charge on any atom is 0.338 e. The summed E-state index contributed by atoms with van der Waals surface area (Å²) in [4.78, 5) is 33.7. The van der Waals surface area contributed by atoms with Crippen molar-refractivity contribution in [1.29, 1.82) is 0 Å². The van der Waals surface area contributed by atoms with Crippen LogP contribution in [-0.2, 0) is 9.59 Å². The van der Waals surface area contributed by atoms with E-state index in [9.17, 15) is 14.4 Å². The lowest BCUT2D eigenvalue weighted by Crippen LogP contribution is -2.11. The van der Waals surface area contributed by atoms with Gasteiger partial charge in [0.05, 0.1) is 5.56 Å². The van der Waals surface area contributed by atoms with Crippen LogP contribution in [0.3, 0.4) is 0 Å². The zero-order chi connectivity index (χ0) is 15.3. The highest BCUT2D eigenvalue weighted by Crippen LogP contribution is 2.24. The van der Waals surface area contributed by atoms with E-state index in [0.29, 0.717) is 6.29 Å². The molecule has 0 saturated carbocycles. The van der Waals surface area contributed by atoms with Gasteiger partial charge in [0, 0.05) is 11.1 Å². The Labute approximate surface area is 116 Å². The first-order valence-corrected chi connectivity index (χ1v) is 5.69. The molecule has 0 aliphatic rings. The van der Waals surface area contributed by atoms with Crippen molar-refractivity contribution in [3.05, 3.63) is 48.1 Å². The zero-order valence-corrected chi connectivity index (χ0v) is 11.3. The Morgan fingerprint density at radius 2 is 1.60 bits per heavy atom. The van der Waals surface area contributed by atoms with Gasteiger partial charge in [-0.2, -0.15) is 0 Å². The number of carbonyl (C=O) groups excluding carboxylic acids is 3. The van der Waals surface area contributed by atoms with Gasteiger partial charge in [-0.3, -0.25) is 4.79 Å². The summed E-state index contributed by atoms with van der Waals surface area (Å²) in [6.45, 7) is 9.89. The molecule has 0 aliphatic heterocycles. The van der Waals surface area contributed by atoms with E-state index in [2.05, 4.69) is 13.2 Å². The highest BCUT2D eigenvalue weighted by atomic mass is 16.5. The molecule has 5 heteroatoms. The number of benzene rings is 1. The van der Waals surface area contributed by atoms with Crippen LogP contribution in [0.2, 0.25) is 0 Å². The largest absolute Gasteiger partial charge is 0.423 e. The third-order valence-electron chi connectivity index (χ3n) is 2.22. The van der Waals surface area contributed by atoms with Crippen molar-refractivity contribution in [3.63, 3.8) is 0 Å². The van der Waals surface area contributed by atoms with Crippen LogP contribution in [-0.4, -0.2) is 18.2 Å². The SMILES string of the molecule is C=C(C)C(=O)Oc1ccc(OC(=O)C(=C)C)c(C=O)c1. The summed E-state index contributed by atoms with van der Waals surface area (Å²) in [7, 11) is 0. The summed E-state index contributed by atoms with van der Waals surface area (Å²) in [5, 5.41) is 0. The normalized spacial score (nSPS) is 9.50. The summed E-state index contributed by atoms with van der Waals surface area (Å²) in [6, 6.07) is 4.08. The molecule has 0 N–H and O–H groups in total. The van der Waals surface area contributed by atoms with Crippen molar-refractivity contribution < 1.29 is 23.9 Å². The van der Waals surface area contributed by atoms with Gasteiger partial charge in [-0.1, -0.05) is 13.2 Å². The molecule has 0 heterocycles. The fourth-order valence-corrected chi connectivity index (χ4v) is 1.16. The van der Waals surface area contributed by atoms with Gasteiger partial charge < -0.3 is 9.47 Å². The van der Waals surface area contributed by atoms with E-state index in [4.69, 9.17) is 9.47 Å². The number of hydrogen-bond acceptors (Lipinski definition) is 5. The molecule has 20 heavy (non-hydrogen) atoms. The highest BCUT2D eigenvalue weighted by Gasteiger charge is 2.12. The van der Waals surface area contributed by atoms with E-state index in [-0.39, 0.29) is 28.2 Å². The van der Waals surface area contributed by atoms with Crippen molar-refractivity contribution >= 4 is 18.2 Å². The van der Waals surface area contributed by atoms with Crippen LogP contribution in [0.4, 0.5) is 0 Å². The second-order valence-corrected chi connectivity index (χ2v) is 4.16. The molecule has 1 aromatic carbocycles. The highest BCUT2D eigenvalue weighted by molar-refractivity contribution is 5.91. The molecule has 0 saturated heterocycles. The molecule has 0 aliphatic carbocycles. The first kappa shape index (κ1) is 15.4. The predicted molar refractivity (Wildman–Crippen MR) is 72.7 cm³/mol. The standard InChI is InChI=1S/C15H14O5/c1-9(2)14(17)19-12-5-6-13(11(7-12)8-16)20-15(18)10(3)4/h5-8H,1,3H2,2,4H3. The summed E-state index contributed by atoms with van der Waals surface area (Å²) < 4.78 is 9.95. The Morgan fingerprint density at radius 3 is 2.10 bits per heavy atom. The summed E-state index contributed by atoms with van der Waals surface area (Å²) in [5.41, 5.74) is 0.529. The fourth-order valence-electron chi connectivity index (χ4n) is 1.16. The molecule has 0 amide bonds. The van der Waals surface area contributed by atoms with Crippen LogP contribution in [0.15, 0.2) is 42.5 Å². The quantitative estimate of drug-likeness (QED) is 0.357. The first-order chi connectivity index (χ1) is 9.35. The second-order valence-electron chi connectivity index (χ2n) is 4.16. The molecule has 0 radical (unpaired) electrons. The Morgan fingerprint density at radius 1 is 1.05 bits per heavy atom. The lowest BCUT2D eigenvalue weighted by Gasteiger charge is -2.09. The summed E-state index contributed by atoms with van der Waals surface area (Å²) in [6.07, 6.45) is 0.499. The molecular formula is C15H14O5.